The third-order valence-corrected chi connectivity index (χ3v) is 3.50. The topological polar surface area (TPSA) is 52.3 Å². The second kappa shape index (κ2) is 6.48. The molecular weight excluding hydrogens is 266 g/mol. The van der Waals surface area contributed by atoms with Gasteiger partial charge in [-0.15, -0.1) is 0 Å². The van der Waals surface area contributed by atoms with Crippen molar-refractivity contribution in [2.75, 3.05) is 0 Å². The molecule has 0 bridgehead atoms. The lowest BCUT2D eigenvalue weighted by Crippen LogP contribution is -1.91. The summed E-state index contributed by atoms with van der Waals surface area (Å²) in [5, 5.41) is 0. The molecule has 0 amide bonds. The monoisotopic (exact) mass is 285 g/mol. The number of oxazole rings is 1. The highest BCUT2D eigenvalue weighted by Crippen LogP contribution is 2.14. The minimum atomic E-state index is 0.773. The van der Waals surface area contributed by atoms with Crippen LogP contribution in [0.2, 0.25) is 0 Å². The third-order valence-electron chi connectivity index (χ3n) is 3.50. The minimum absolute atomic E-state index is 0.773. The van der Waals surface area contributed by atoms with Crippen LogP contribution in [0.5, 0.6) is 0 Å². The van der Waals surface area contributed by atoms with Crippen LogP contribution < -0.4 is 0 Å². The molecular formula is C17H19NO3. The zero-order chi connectivity index (χ0) is 14.5. The molecule has 21 heavy (non-hydrogen) atoms. The fraction of sp³-hybridized carbons (Fsp3) is 0.353. The Kier molecular flexibility index (Phi) is 4.24. The molecule has 0 saturated heterocycles. The van der Waals surface area contributed by atoms with Crippen LogP contribution >= 0.6 is 0 Å². The summed E-state index contributed by atoms with van der Waals surface area (Å²) < 4.78 is 16.3. The zero-order valence-electron chi connectivity index (χ0n) is 12.2. The summed E-state index contributed by atoms with van der Waals surface area (Å²) in [5.41, 5.74) is 2.20. The van der Waals surface area contributed by atoms with E-state index >= 15 is 0 Å². The number of furan rings is 2. The normalized spacial score (nSPS) is 11.1. The van der Waals surface area contributed by atoms with Crippen LogP contribution in [0.3, 0.4) is 0 Å². The summed E-state index contributed by atoms with van der Waals surface area (Å²) in [6.07, 6.45) is 9.52. The molecule has 0 spiro atoms. The molecule has 3 aromatic rings. The van der Waals surface area contributed by atoms with E-state index in [2.05, 4.69) is 11.9 Å². The van der Waals surface area contributed by atoms with E-state index in [0.717, 1.165) is 55.2 Å². The smallest absolute Gasteiger partial charge is 0.194 e. The molecule has 4 heteroatoms. The Labute approximate surface area is 123 Å². The van der Waals surface area contributed by atoms with Crippen LogP contribution in [-0.2, 0) is 32.1 Å². The Bertz CT molecular complexity index is 664. The predicted molar refractivity (Wildman–Crippen MR) is 78.1 cm³/mol. The van der Waals surface area contributed by atoms with Gasteiger partial charge in [-0.2, -0.15) is 0 Å². The van der Waals surface area contributed by atoms with Gasteiger partial charge in [-0.1, -0.05) is 6.92 Å². The highest BCUT2D eigenvalue weighted by atomic mass is 16.3. The van der Waals surface area contributed by atoms with Gasteiger partial charge in [0.2, 0.25) is 0 Å². The molecule has 0 radical (unpaired) electrons. The van der Waals surface area contributed by atoms with Crippen molar-refractivity contribution < 1.29 is 13.3 Å². The molecule has 0 unspecified atom stereocenters. The number of aryl methyl sites for hydroxylation is 5. The van der Waals surface area contributed by atoms with E-state index in [0.29, 0.717) is 0 Å². The van der Waals surface area contributed by atoms with E-state index in [1.54, 1.807) is 18.8 Å². The van der Waals surface area contributed by atoms with E-state index in [9.17, 15) is 0 Å². The number of hydrogen-bond acceptors (Lipinski definition) is 4. The number of rotatable bonds is 7. The highest BCUT2D eigenvalue weighted by molar-refractivity contribution is 5.12. The standard InChI is InChI=1S/C17H19NO3/c1-2-14-12-20-17(18-14)8-7-16-6-5-15(21-16)4-3-13-9-10-19-11-13/h5-6,9-12H,2-4,7-8H2,1H3. The first-order valence-electron chi connectivity index (χ1n) is 7.35. The molecule has 4 nitrogen and oxygen atoms in total. The molecule has 3 heterocycles. The molecule has 0 fully saturated rings. The Hall–Kier alpha value is -2.23. The fourth-order valence-corrected chi connectivity index (χ4v) is 2.25. The van der Waals surface area contributed by atoms with Gasteiger partial charge in [0.15, 0.2) is 5.89 Å². The molecule has 0 atom stereocenters. The first-order valence-corrected chi connectivity index (χ1v) is 7.35. The van der Waals surface area contributed by atoms with Gasteiger partial charge >= 0.3 is 0 Å². The quantitative estimate of drug-likeness (QED) is 0.658. The maximum Gasteiger partial charge on any atom is 0.194 e. The molecule has 0 aliphatic heterocycles. The van der Waals surface area contributed by atoms with Gasteiger partial charge < -0.3 is 13.3 Å². The maximum atomic E-state index is 5.84. The van der Waals surface area contributed by atoms with Crippen molar-refractivity contribution in [2.24, 2.45) is 0 Å². The Morgan fingerprint density at radius 2 is 1.76 bits per heavy atom. The Balaban J connectivity index is 1.50. The van der Waals surface area contributed by atoms with Gasteiger partial charge in [0.05, 0.1) is 18.2 Å². The lowest BCUT2D eigenvalue weighted by Gasteiger charge is -1.96. The van der Waals surface area contributed by atoms with E-state index in [4.69, 9.17) is 13.3 Å². The van der Waals surface area contributed by atoms with E-state index in [-0.39, 0.29) is 0 Å². The lowest BCUT2D eigenvalue weighted by molar-refractivity contribution is 0.443. The van der Waals surface area contributed by atoms with Gasteiger partial charge in [-0.05, 0) is 36.6 Å². The average Bonchev–Trinajstić information content (AvgIpc) is 3.24. The number of hydrogen-bond donors (Lipinski definition) is 0. The average molecular weight is 285 g/mol. The van der Waals surface area contributed by atoms with E-state index in [1.165, 1.54) is 5.56 Å². The maximum absolute atomic E-state index is 5.84. The first kappa shape index (κ1) is 13.7. The van der Waals surface area contributed by atoms with Crippen LogP contribution in [0.15, 0.2) is 50.2 Å². The Morgan fingerprint density at radius 1 is 0.952 bits per heavy atom. The van der Waals surface area contributed by atoms with Crippen molar-refractivity contribution in [3.8, 4) is 0 Å². The molecule has 0 N–H and O–H groups in total. The van der Waals surface area contributed by atoms with Crippen molar-refractivity contribution in [3.63, 3.8) is 0 Å². The fourth-order valence-electron chi connectivity index (χ4n) is 2.25. The molecule has 0 aliphatic rings. The van der Waals surface area contributed by atoms with Crippen LogP contribution in [0, 0.1) is 0 Å². The molecule has 3 aromatic heterocycles. The van der Waals surface area contributed by atoms with Crippen LogP contribution in [-0.4, -0.2) is 4.98 Å². The van der Waals surface area contributed by atoms with Crippen molar-refractivity contribution in [1.29, 1.82) is 0 Å². The molecule has 0 saturated carbocycles. The summed E-state index contributed by atoms with van der Waals surface area (Å²) in [4.78, 5) is 4.40. The van der Waals surface area contributed by atoms with Crippen molar-refractivity contribution in [1.82, 2.24) is 4.98 Å². The summed E-state index contributed by atoms with van der Waals surface area (Å²) in [6, 6.07) is 6.06. The predicted octanol–water partition coefficient (Wildman–Crippen LogP) is 3.99. The van der Waals surface area contributed by atoms with E-state index in [1.807, 2.05) is 18.2 Å². The van der Waals surface area contributed by atoms with Gasteiger partial charge in [-0.25, -0.2) is 4.98 Å². The largest absolute Gasteiger partial charge is 0.472 e. The first-order chi connectivity index (χ1) is 10.3. The summed E-state index contributed by atoms with van der Waals surface area (Å²) in [5.74, 6) is 2.77. The van der Waals surface area contributed by atoms with Crippen LogP contribution in [0.25, 0.3) is 0 Å². The molecule has 0 aromatic carbocycles. The van der Waals surface area contributed by atoms with Gasteiger partial charge in [0, 0.05) is 19.3 Å². The van der Waals surface area contributed by atoms with Crippen molar-refractivity contribution >= 4 is 0 Å². The van der Waals surface area contributed by atoms with E-state index < -0.39 is 0 Å². The summed E-state index contributed by atoms with van der Waals surface area (Å²) >= 11 is 0. The van der Waals surface area contributed by atoms with Gasteiger partial charge in [0.25, 0.3) is 0 Å². The summed E-state index contributed by atoms with van der Waals surface area (Å²) in [7, 11) is 0. The van der Waals surface area contributed by atoms with Crippen LogP contribution in [0.1, 0.15) is 35.6 Å². The SMILES string of the molecule is CCc1coc(CCc2ccc(CCc3ccoc3)o2)n1. The lowest BCUT2D eigenvalue weighted by atomic mass is 10.1. The van der Waals surface area contributed by atoms with Crippen molar-refractivity contribution in [2.45, 2.75) is 39.0 Å². The zero-order valence-corrected chi connectivity index (χ0v) is 12.2. The third kappa shape index (κ3) is 3.66. The summed E-state index contributed by atoms with van der Waals surface area (Å²) in [6.45, 7) is 2.07. The number of aromatic nitrogens is 1. The molecule has 3 rings (SSSR count). The number of nitrogens with zero attached hydrogens (tertiary/aromatic N) is 1. The second-order valence-electron chi connectivity index (χ2n) is 5.09. The molecule has 0 aliphatic carbocycles. The van der Waals surface area contributed by atoms with Gasteiger partial charge in [0.1, 0.15) is 17.8 Å². The second-order valence-corrected chi connectivity index (χ2v) is 5.09. The van der Waals surface area contributed by atoms with Crippen molar-refractivity contribution in [3.05, 3.63) is 65.7 Å². The minimum Gasteiger partial charge on any atom is -0.472 e. The van der Waals surface area contributed by atoms with Gasteiger partial charge in [-0.3, -0.25) is 0 Å². The Morgan fingerprint density at radius 3 is 2.43 bits per heavy atom. The highest BCUT2D eigenvalue weighted by Gasteiger charge is 2.07. The molecule has 110 valence electrons. The van der Waals surface area contributed by atoms with Crippen LogP contribution in [0.4, 0.5) is 0 Å².